The van der Waals surface area contributed by atoms with Crippen molar-refractivity contribution < 1.29 is 0 Å². The zero-order chi connectivity index (χ0) is 9.64. The Balaban J connectivity index is 2.16. The van der Waals surface area contributed by atoms with Gasteiger partial charge in [0.2, 0.25) is 0 Å². The first-order chi connectivity index (χ1) is 6.95. The summed E-state index contributed by atoms with van der Waals surface area (Å²) in [6, 6.07) is 5.67. The van der Waals surface area contributed by atoms with E-state index < -0.39 is 0 Å². The van der Waals surface area contributed by atoms with Gasteiger partial charge in [-0.1, -0.05) is 6.07 Å². The maximum atomic E-state index is 4.08. The summed E-state index contributed by atoms with van der Waals surface area (Å²) >= 11 is 0. The second-order valence-corrected chi connectivity index (χ2v) is 2.73. The van der Waals surface area contributed by atoms with Gasteiger partial charge in [-0.2, -0.15) is 0 Å². The Hall–Kier alpha value is -2.03. The number of aromatic nitrogens is 3. The molecular weight excluding hydrogens is 174 g/mol. The lowest BCUT2D eigenvalue weighted by Gasteiger charge is -1.90. The number of rotatable bonds is 2. The molecule has 0 spiro atoms. The van der Waals surface area contributed by atoms with E-state index in [1.807, 2.05) is 24.3 Å². The summed E-state index contributed by atoms with van der Waals surface area (Å²) in [7, 11) is 0. The Morgan fingerprint density at radius 1 is 0.929 bits per heavy atom. The molecule has 68 valence electrons. The highest BCUT2D eigenvalue weighted by molar-refractivity contribution is 5.65. The van der Waals surface area contributed by atoms with E-state index in [9.17, 15) is 0 Å². The molecule has 0 amide bonds. The lowest BCUT2D eigenvalue weighted by Crippen LogP contribution is -1.82. The predicted molar refractivity (Wildman–Crippen MR) is 55.2 cm³/mol. The van der Waals surface area contributed by atoms with E-state index in [1.165, 1.54) is 0 Å². The van der Waals surface area contributed by atoms with Crippen molar-refractivity contribution in [3.63, 3.8) is 0 Å². The minimum absolute atomic E-state index is 0.705. The molecule has 2 aromatic heterocycles. The molecule has 0 N–H and O–H groups in total. The van der Waals surface area contributed by atoms with Gasteiger partial charge in [0.25, 0.3) is 0 Å². The zero-order valence-corrected chi connectivity index (χ0v) is 7.54. The fraction of sp³-hybridized carbons (Fsp3) is 0. The van der Waals surface area contributed by atoms with Crippen LogP contribution in [0.5, 0.6) is 0 Å². The van der Waals surface area contributed by atoms with Crippen molar-refractivity contribution in [2.75, 3.05) is 0 Å². The van der Waals surface area contributed by atoms with Crippen LogP contribution >= 0.6 is 0 Å². The first-order valence-corrected chi connectivity index (χ1v) is 4.30. The minimum Gasteiger partial charge on any atom is -0.264 e. The number of nitrogens with zero attached hydrogens (tertiary/aromatic N) is 3. The first-order valence-electron chi connectivity index (χ1n) is 4.30. The van der Waals surface area contributed by atoms with Gasteiger partial charge in [0.15, 0.2) is 5.82 Å². The van der Waals surface area contributed by atoms with Crippen molar-refractivity contribution in [2.45, 2.75) is 0 Å². The Labute approximate surface area is 82.2 Å². The molecule has 0 atom stereocenters. The zero-order valence-electron chi connectivity index (χ0n) is 7.54. The smallest absolute Gasteiger partial charge is 0.151 e. The molecular formula is C11H9N3. The lowest BCUT2D eigenvalue weighted by molar-refractivity contribution is 1.14. The number of hydrogen-bond acceptors (Lipinski definition) is 3. The van der Waals surface area contributed by atoms with E-state index in [0.29, 0.717) is 5.82 Å². The normalized spacial score (nSPS) is 10.6. The van der Waals surface area contributed by atoms with Crippen LogP contribution < -0.4 is 0 Å². The average Bonchev–Trinajstić information content (AvgIpc) is 2.29. The average molecular weight is 183 g/mol. The molecule has 0 aliphatic carbocycles. The molecule has 0 aliphatic heterocycles. The van der Waals surface area contributed by atoms with Crippen molar-refractivity contribution in [3.8, 4) is 0 Å². The third kappa shape index (κ3) is 2.23. The van der Waals surface area contributed by atoms with Gasteiger partial charge in [-0.3, -0.25) is 4.98 Å². The first kappa shape index (κ1) is 8.56. The SMILES string of the molecule is C(=C\c1ncccn1)/c1cccnc1. The van der Waals surface area contributed by atoms with Gasteiger partial charge in [0.1, 0.15) is 0 Å². The fourth-order valence-electron chi connectivity index (χ4n) is 1.04. The van der Waals surface area contributed by atoms with E-state index in [1.54, 1.807) is 30.9 Å². The third-order valence-corrected chi connectivity index (χ3v) is 1.70. The van der Waals surface area contributed by atoms with Crippen molar-refractivity contribution in [2.24, 2.45) is 0 Å². The lowest BCUT2D eigenvalue weighted by atomic mass is 10.2. The second kappa shape index (κ2) is 4.28. The molecule has 2 rings (SSSR count). The molecule has 0 fully saturated rings. The molecule has 0 aliphatic rings. The van der Waals surface area contributed by atoms with Crippen LogP contribution in [-0.4, -0.2) is 15.0 Å². The van der Waals surface area contributed by atoms with Gasteiger partial charge in [-0.15, -0.1) is 0 Å². The Bertz CT molecular complexity index is 368. The molecule has 0 aromatic carbocycles. The van der Waals surface area contributed by atoms with E-state index in [0.717, 1.165) is 5.56 Å². The maximum absolute atomic E-state index is 4.08. The molecule has 3 heteroatoms. The highest BCUT2D eigenvalue weighted by atomic mass is 14.8. The Kier molecular flexibility index (Phi) is 2.62. The van der Waals surface area contributed by atoms with Crippen LogP contribution in [0, 0.1) is 0 Å². The fourth-order valence-corrected chi connectivity index (χ4v) is 1.04. The third-order valence-electron chi connectivity index (χ3n) is 1.70. The Morgan fingerprint density at radius 3 is 2.50 bits per heavy atom. The second-order valence-electron chi connectivity index (χ2n) is 2.73. The maximum Gasteiger partial charge on any atom is 0.151 e. The van der Waals surface area contributed by atoms with Crippen LogP contribution in [0.2, 0.25) is 0 Å². The highest BCUT2D eigenvalue weighted by Gasteiger charge is 1.87. The molecule has 2 heterocycles. The van der Waals surface area contributed by atoms with Gasteiger partial charge in [0.05, 0.1) is 0 Å². The van der Waals surface area contributed by atoms with E-state index in [4.69, 9.17) is 0 Å². The molecule has 0 unspecified atom stereocenters. The summed E-state index contributed by atoms with van der Waals surface area (Å²) in [4.78, 5) is 12.2. The predicted octanol–water partition coefficient (Wildman–Crippen LogP) is 2.04. The molecule has 2 aromatic rings. The molecule has 0 saturated carbocycles. The van der Waals surface area contributed by atoms with Crippen molar-refractivity contribution in [1.82, 2.24) is 15.0 Å². The quantitative estimate of drug-likeness (QED) is 0.715. The highest BCUT2D eigenvalue weighted by Crippen LogP contribution is 2.01. The van der Waals surface area contributed by atoms with Crippen LogP contribution in [0.15, 0.2) is 43.0 Å². The van der Waals surface area contributed by atoms with E-state index >= 15 is 0 Å². The number of pyridine rings is 1. The van der Waals surface area contributed by atoms with Crippen LogP contribution in [0.4, 0.5) is 0 Å². The van der Waals surface area contributed by atoms with E-state index in [2.05, 4.69) is 15.0 Å². The van der Waals surface area contributed by atoms with E-state index in [-0.39, 0.29) is 0 Å². The standard InChI is InChI=1S/C11H9N3/c1-3-10(9-12-6-1)4-5-11-13-7-2-8-14-11/h1-9H/b5-4+. The van der Waals surface area contributed by atoms with Crippen molar-refractivity contribution in [1.29, 1.82) is 0 Å². The monoisotopic (exact) mass is 183 g/mol. The summed E-state index contributed by atoms with van der Waals surface area (Å²) in [6.45, 7) is 0. The van der Waals surface area contributed by atoms with Crippen LogP contribution in [-0.2, 0) is 0 Å². The Morgan fingerprint density at radius 2 is 1.79 bits per heavy atom. The molecule has 14 heavy (non-hydrogen) atoms. The molecule has 0 radical (unpaired) electrons. The van der Waals surface area contributed by atoms with Crippen LogP contribution in [0.25, 0.3) is 12.2 Å². The number of hydrogen-bond donors (Lipinski definition) is 0. The minimum atomic E-state index is 0.705. The van der Waals surface area contributed by atoms with Gasteiger partial charge < -0.3 is 0 Å². The summed E-state index contributed by atoms with van der Waals surface area (Å²) in [6.07, 6.45) is 10.8. The van der Waals surface area contributed by atoms with Crippen LogP contribution in [0.3, 0.4) is 0 Å². The molecule has 0 bridgehead atoms. The van der Waals surface area contributed by atoms with Gasteiger partial charge >= 0.3 is 0 Å². The van der Waals surface area contributed by atoms with Gasteiger partial charge in [-0.25, -0.2) is 9.97 Å². The topological polar surface area (TPSA) is 38.7 Å². The summed E-state index contributed by atoms with van der Waals surface area (Å²) in [5, 5.41) is 0. The largest absolute Gasteiger partial charge is 0.264 e. The molecule has 3 nitrogen and oxygen atoms in total. The summed E-state index contributed by atoms with van der Waals surface area (Å²) in [5.74, 6) is 0.705. The van der Waals surface area contributed by atoms with Gasteiger partial charge in [-0.05, 0) is 29.8 Å². The van der Waals surface area contributed by atoms with Crippen molar-refractivity contribution >= 4 is 12.2 Å². The summed E-state index contributed by atoms with van der Waals surface area (Å²) < 4.78 is 0. The van der Waals surface area contributed by atoms with Crippen LogP contribution in [0.1, 0.15) is 11.4 Å². The van der Waals surface area contributed by atoms with Gasteiger partial charge in [0, 0.05) is 24.8 Å². The summed E-state index contributed by atoms with van der Waals surface area (Å²) in [5.41, 5.74) is 1.04. The van der Waals surface area contributed by atoms with Crippen molar-refractivity contribution in [3.05, 3.63) is 54.4 Å². The molecule has 0 saturated heterocycles.